The van der Waals surface area contributed by atoms with Gasteiger partial charge < -0.3 is 15.2 Å². The van der Waals surface area contributed by atoms with E-state index in [1.54, 1.807) is 31.3 Å². The van der Waals surface area contributed by atoms with E-state index in [4.69, 9.17) is 4.74 Å². The quantitative estimate of drug-likeness (QED) is 0.875. The summed E-state index contributed by atoms with van der Waals surface area (Å²) >= 11 is 0. The lowest BCUT2D eigenvalue weighted by atomic mass is 9.75. The van der Waals surface area contributed by atoms with E-state index in [0.717, 1.165) is 5.56 Å². The van der Waals surface area contributed by atoms with Crippen LogP contribution in [0.3, 0.4) is 0 Å². The standard InChI is InChI=1S/C19H21FN2O3/c1-11-3-4-12(9-16(11)20)19(24)22-18(14-7-15(23)8-14)13-5-6-17(25-2)21-10-13/h3-6,9-10,14-15,18,23H,7-8H2,1-2H3,(H,22,24)/t14?,15?,18-/m1/s1. The van der Waals surface area contributed by atoms with Crippen molar-refractivity contribution >= 4 is 5.91 Å². The molecule has 1 aromatic carbocycles. The van der Waals surface area contributed by atoms with Crippen molar-refractivity contribution in [1.29, 1.82) is 0 Å². The summed E-state index contributed by atoms with van der Waals surface area (Å²) in [5.74, 6) is -0.150. The molecule has 1 saturated carbocycles. The van der Waals surface area contributed by atoms with Gasteiger partial charge in [0.25, 0.3) is 5.91 Å². The fraction of sp³-hybridized carbons (Fsp3) is 0.368. The van der Waals surface area contributed by atoms with E-state index >= 15 is 0 Å². The molecular weight excluding hydrogens is 323 g/mol. The molecule has 6 heteroatoms. The first-order chi connectivity index (χ1) is 12.0. The second kappa shape index (κ2) is 7.19. The van der Waals surface area contributed by atoms with E-state index in [9.17, 15) is 14.3 Å². The van der Waals surface area contributed by atoms with Gasteiger partial charge in [-0.2, -0.15) is 0 Å². The molecule has 1 aliphatic carbocycles. The Bertz CT molecular complexity index is 758. The largest absolute Gasteiger partial charge is 0.481 e. The van der Waals surface area contributed by atoms with Crippen LogP contribution in [0.2, 0.25) is 0 Å². The Morgan fingerprint density at radius 1 is 1.36 bits per heavy atom. The molecule has 1 fully saturated rings. The van der Waals surface area contributed by atoms with Gasteiger partial charge in [0.15, 0.2) is 0 Å². The fourth-order valence-electron chi connectivity index (χ4n) is 3.03. The van der Waals surface area contributed by atoms with E-state index in [1.165, 1.54) is 13.2 Å². The summed E-state index contributed by atoms with van der Waals surface area (Å²) < 4.78 is 18.8. The Morgan fingerprint density at radius 3 is 2.68 bits per heavy atom. The Labute approximate surface area is 145 Å². The van der Waals surface area contributed by atoms with Crippen LogP contribution in [-0.4, -0.2) is 29.2 Å². The van der Waals surface area contributed by atoms with Crippen LogP contribution in [0.25, 0.3) is 0 Å². The molecule has 1 atom stereocenters. The highest BCUT2D eigenvalue weighted by Gasteiger charge is 2.36. The van der Waals surface area contributed by atoms with Crippen molar-refractivity contribution in [3.8, 4) is 5.88 Å². The lowest BCUT2D eigenvalue weighted by Gasteiger charge is -2.38. The Kier molecular flexibility index (Phi) is 4.99. The Morgan fingerprint density at radius 2 is 2.12 bits per heavy atom. The molecule has 0 saturated heterocycles. The molecule has 0 bridgehead atoms. The molecule has 2 N–H and O–H groups in total. The zero-order valence-corrected chi connectivity index (χ0v) is 14.2. The maximum absolute atomic E-state index is 13.7. The van der Waals surface area contributed by atoms with E-state index in [2.05, 4.69) is 10.3 Å². The van der Waals surface area contributed by atoms with Crippen molar-refractivity contribution in [1.82, 2.24) is 10.3 Å². The first kappa shape index (κ1) is 17.4. The summed E-state index contributed by atoms with van der Waals surface area (Å²) in [4.78, 5) is 16.7. The molecule has 1 aliphatic rings. The normalized spacial score (nSPS) is 20.5. The Balaban J connectivity index is 1.81. The third kappa shape index (κ3) is 3.79. The second-order valence-electron chi connectivity index (χ2n) is 6.43. The van der Waals surface area contributed by atoms with E-state index in [-0.39, 0.29) is 29.5 Å². The lowest BCUT2D eigenvalue weighted by molar-refractivity contribution is 0.0234. The molecular formula is C19H21FN2O3. The number of methoxy groups -OCH3 is 1. The number of hydrogen-bond donors (Lipinski definition) is 2. The van der Waals surface area contributed by atoms with Crippen molar-refractivity contribution in [2.24, 2.45) is 5.92 Å². The SMILES string of the molecule is COc1ccc([C@@H](NC(=O)c2ccc(C)c(F)c2)C2CC(O)C2)cn1. The van der Waals surface area contributed by atoms with Crippen LogP contribution < -0.4 is 10.1 Å². The van der Waals surface area contributed by atoms with Gasteiger partial charge in [-0.05, 0) is 48.9 Å². The number of aryl methyl sites for hydroxylation is 1. The molecule has 1 amide bonds. The second-order valence-corrected chi connectivity index (χ2v) is 6.43. The summed E-state index contributed by atoms with van der Waals surface area (Å²) in [6.07, 6.45) is 2.54. The average molecular weight is 344 g/mol. The van der Waals surface area contributed by atoms with Gasteiger partial charge >= 0.3 is 0 Å². The highest BCUT2D eigenvalue weighted by molar-refractivity contribution is 5.94. The van der Waals surface area contributed by atoms with Gasteiger partial charge in [-0.3, -0.25) is 4.79 Å². The maximum atomic E-state index is 13.7. The van der Waals surface area contributed by atoms with Crippen molar-refractivity contribution in [2.45, 2.75) is 31.9 Å². The van der Waals surface area contributed by atoms with Crippen LogP contribution in [-0.2, 0) is 0 Å². The van der Waals surface area contributed by atoms with Crippen molar-refractivity contribution in [2.75, 3.05) is 7.11 Å². The molecule has 1 heterocycles. The van der Waals surface area contributed by atoms with Crippen molar-refractivity contribution < 1.29 is 19.0 Å². The number of aromatic nitrogens is 1. The lowest BCUT2D eigenvalue weighted by Crippen LogP contribution is -2.41. The van der Waals surface area contributed by atoms with E-state index < -0.39 is 5.82 Å². The summed E-state index contributed by atoms with van der Waals surface area (Å²) in [7, 11) is 1.54. The summed E-state index contributed by atoms with van der Waals surface area (Å²) in [6.45, 7) is 1.65. The molecule has 25 heavy (non-hydrogen) atoms. The number of rotatable bonds is 5. The zero-order valence-electron chi connectivity index (χ0n) is 14.2. The number of nitrogens with zero attached hydrogens (tertiary/aromatic N) is 1. The zero-order chi connectivity index (χ0) is 18.0. The number of halogens is 1. The highest BCUT2D eigenvalue weighted by atomic mass is 19.1. The van der Waals surface area contributed by atoms with E-state index in [0.29, 0.717) is 24.3 Å². The molecule has 0 aliphatic heterocycles. The predicted octanol–water partition coefficient (Wildman–Crippen LogP) is 2.78. The number of amides is 1. The van der Waals surface area contributed by atoms with Crippen LogP contribution in [0, 0.1) is 18.7 Å². The van der Waals surface area contributed by atoms with Crippen molar-refractivity contribution in [3.63, 3.8) is 0 Å². The van der Waals surface area contributed by atoms with Crippen LogP contribution >= 0.6 is 0 Å². The fourth-order valence-corrected chi connectivity index (χ4v) is 3.03. The topological polar surface area (TPSA) is 71.5 Å². The minimum absolute atomic E-state index is 0.115. The molecule has 0 radical (unpaired) electrons. The predicted molar refractivity (Wildman–Crippen MR) is 90.9 cm³/mol. The monoisotopic (exact) mass is 344 g/mol. The molecule has 3 rings (SSSR count). The third-order valence-corrected chi connectivity index (χ3v) is 4.67. The smallest absolute Gasteiger partial charge is 0.251 e. The minimum atomic E-state index is -0.408. The maximum Gasteiger partial charge on any atom is 0.251 e. The number of pyridine rings is 1. The van der Waals surface area contributed by atoms with Crippen LogP contribution in [0.5, 0.6) is 5.88 Å². The summed E-state index contributed by atoms with van der Waals surface area (Å²) in [5, 5.41) is 12.6. The third-order valence-electron chi connectivity index (χ3n) is 4.67. The summed E-state index contributed by atoms with van der Waals surface area (Å²) in [5.41, 5.74) is 1.60. The van der Waals surface area contributed by atoms with Crippen molar-refractivity contribution in [3.05, 3.63) is 59.0 Å². The number of aliphatic hydroxyl groups is 1. The average Bonchev–Trinajstić information content (AvgIpc) is 2.59. The number of ether oxygens (including phenoxy) is 1. The van der Waals surface area contributed by atoms with Gasteiger partial charge in [-0.1, -0.05) is 12.1 Å². The van der Waals surface area contributed by atoms with Gasteiger partial charge in [0, 0.05) is 17.8 Å². The van der Waals surface area contributed by atoms with E-state index in [1.807, 2.05) is 6.07 Å². The van der Waals surface area contributed by atoms with Gasteiger partial charge in [0.2, 0.25) is 5.88 Å². The van der Waals surface area contributed by atoms with Gasteiger partial charge in [-0.25, -0.2) is 9.37 Å². The number of aliphatic hydroxyl groups excluding tert-OH is 1. The molecule has 0 unspecified atom stereocenters. The molecule has 132 valence electrons. The molecule has 2 aromatic rings. The first-order valence-electron chi connectivity index (χ1n) is 8.23. The van der Waals surface area contributed by atoms with Gasteiger partial charge in [0.05, 0.1) is 19.3 Å². The van der Waals surface area contributed by atoms with Crippen LogP contribution in [0.4, 0.5) is 4.39 Å². The Hall–Kier alpha value is -2.47. The van der Waals surface area contributed by atoms with Crippen LogP contribution in [0.1, 0.15) is 40.4 Å². The van der Waals surface area contributed by atoms with Crippen LogP contribution in [0.15, 0.2) is 36.5 Å². The molecule has 5 nitrogen and oxygen atoms in total. The first-order valence-corrected chi connectivity index (χ1v) is 8.23. The number of carbonyl (C=O) groups is 1. The molecule has 0 spiro atoms. The van der Waals surface area contributed by atoms with Gasteiger partial charge in [0.1, 0.15) is 5.82 Å². The highest BCUT2D eigenvalue weighted by Crippen LogP contribution is 2.38. The number of benzene rings is 1. The minimum Gasteiger partial charge on any atom is -0.481 e. The summed E-state index contributed by atoms with van der Waals surface area (Å²) in [6, 6.07) is 7.71. The number of nitrogens with one attached hydrogen (secondary N) is 1. The van der Waals surface area contributed by atoms with Gasteiger partial charge in [-0.15, -0.1) is 0 Å². The molecule has 1 aromatic heterocycles. The number of carbonyl (C=O) groups excluding carboxylic acids is 1. The number of hydrogen-bond acceptors (Lipinski definition) is 4.